The van der Waals surface area contributed by atoms with Crippen LogP contribution in [0.3, 0.4) is 0 Å². The SMILES string of the molecule is COc1cc(F)ccc1C(=O)NCCN1CCC(n2c(=O)[nH]c3ccccc32)CC1. The predicted molar refractivity (Wildman–Crippen MR) is 113 cm³/mol. The van der Waals surface area contributed by atoms with Gasteiger partial charge in [-0.2, -0.15) is 0 Å². The van der Waals surface area contributed by atoms with E-state index in [4.69, 9.17) is 4.74 Å². The highest BCUT2D eigenvalue weighted by Gasteiger charge is 2.23. The summed E-state index contributed by atoms with van der Waals surface area (Å²) >= 11 is 0. The van der Waals surface area contributed by atoms with Crippen LogP contribution in [0, 0.1) is 5.82 Å². The van der Waals surface area contributed by atoms with Gasteiger partial charge in [0.15, 0.2) is 0 Å². The van der Waals surface area contributed by atoms with E-state index in [-0.39, 0.29) is 23.4 Å². The maximum absolute atomic E-state index is 13.3. The van der Waals surface area contributed by atoms with Gasteiger partial charge < -0.3 is 19.9 Å². The summed E-state index contributed by atoms with van der Waals surface area (Å²) in [5, 5.41) is 2.87. The molecule has 2 heterocycles. The van der Waals surface area contributed by atoms with Crippen LogP contribution in [0.2, 0.25) is 0 Å². The van der Waals surface area contributed by atoms with Crippen molar-refractivity contribution in [1.82, 2.24) is 19.8 Å². The second-order valence-electron chi connectivity index (χ2n) is 7.49. The molecule has 1 aliphatic heterocycles. The van der Waals surface area contributed by atoms with Gasteiger partial charge in [-0.25, -0.2) is 9.18 Å². The van der Waals surface area contributed by atoms with Crippen molar-refractivity contribution >= 4 is 16.9 Å². The number of aromatic amines is 1. The molecule has 1 amide bonds. The Morgan fingerprint density at radius 3 is 2.77 bits per heavy atom. The van der Waals surface area contributed by atoms with E-state index in [1.807, 2.05) is 28.8 Å². The zero-order chi connectivity index (χ0) is 21.1. The van der Waals surface area contributed by atoms with E-state index in [1.165, 1.54) is 25.3 Å². The lowest BCUT2D eigenvalue weighted by atomic mass is 10.0. The number of piperidine rings is 1. The van der Waals surface area contributed by atoms with Crippen molar-refractivity contribution in [2.75, 3.05) is 33.3 Å². The van der Waals surface area contributed by atoms with Gasteiger partial charge in [0.05, 0.1) is 23.7 Å². The van der Waals surface area contributed by atoms with Gasteiger partial charge in [-0.15, -0.1) is 0 Å². The Kier molecular flexibility index (Phi) is 5.85. The Morgan fingerprint density at radius 2 is 2.00 bits per heavy atom. The predicted octanol–water partition coefficient (Wildman–Crippen LogP) is 2.54. The molecule has 2 N–H and O–H groups in total. The average molecular weight is 412 g/mol. The largest absolute Gasteiger partial charge is 0.496 e. The number of ether oxygens (including phenoxy) is 1. The summed E-state index contributed by atoms with van der Waals surface area (Å²) in [4.78, 5) is 30.0. The molecule has 158 valence electrons. The molecule has 7 nitrogen and oxygen atoms in total. The number of para-hydroxylation sites is 2. The average Bonchev–Trinajstić information content (AvgIpc) is 3.09. The molecule has 1 fully saturated rings. The Balaban J connectivity index is 1.30. The van der Waals surface area contributed by atoms with Crippen LogP contribution in [-0.4, -0.2) is 53.6 Å². The quantitative estimate of drug-likeness (QED) is 0.652. The molecule has 0 bridgehead atoms. The number of carbonyl (C=O) groups is 1. The molecule has 1 aliphatic rings. The minimum Gasteiger partial charge on any atom is -0.496 e. The van der Waals surface area contributed by atoms with E-state index in [0.717, 1.165) is 37.0 Å². The van der Waals surface area contributed by atoms with Crippen LogP contribution in [0.15, 0.2) is 47.3 Å². The number of fused-ring (bicyclic) bond motifs is 1. The number of rotatable bonds is 6. The van der Waals surface area contributed by atoms with Gasteiger partial charge >= 0.3 is 5.69 Å². The number of hydrogen-bond donors (Lipinski definition) is 2. The monoisotopic (exact) mass is 412 g/mol. The number of carbonyl (C=O) groups excluding carboxylic acids is 1. The van der Waals surface area contributed by atoms with Crippen molar-refractivity contribution in [1.29, 1.82) is 0 Å². The van der Waals surface area contributed by atoms with Crippen molar-refractivity contribution in [3.8, 4) is 5.75 Å². The summed E-state index contributed by atoms with van der Waals surface area (Å²) in [7, 11) is 1.41. The Labute approximate surface area is 173 Å². The number of imidazole rings is 1. The number of hydrogen-bond acceptors (Lipinski definition) is 4. The van der Waals surface area contributed by atoms with E-state index < -0.39 is 5.82 Å². The number of benzene rings is 2. The van der Waals surface area contributed by atoms with Gasteiger partial charge in [0.25, 0.3) is 5.91 Å². The first-order valence-corrected chi connectivity index (χ1v) is 10.1. The summed E-state index contributed by atoms with van der Waals surface area (Å²) in [6.07, 6.45) is 1.75. The van der Waals surface area contributed by atoms with Crippen molar-refractivity contribution in [2.24, 2.45) is 0 Å². The number of likely N-dealkylation sites (tertiary alicyclic amines) is 1. The molecule has 0 atom stereocenters. The lowest BCUT2D eigenvalue weighted by molar-refractivity contribution is 0.0941. The third kappa shape index (κ3) is 4.09. The fraction of sp³-hybridized carbons (Fsp3) is 0.364. The summed E-state index contributed by atoms with van der Waals surface area (Å²) in [5.74, 6) is -0.509. The summed E-state index contributed by atoms with van der Waals surface area (Å²) in [5.41, 5.74) is 2.07. The van der Waals surface area contributed by atoms with Crippen LogP contribution in [-0.2, 0) is 0 Å². The van der Waals surface area contributed by atoms with Crippen molar-refractivity contribution in [3.63, 3.8) is 0 Å². The maximum atomic E-state index is 13.3. The summed E-state index contributed by atoms with van der Waals surface area (Å²) in [6, 6.07) is 11.8. The van der Waals surface area contributed by atoms with Gasteiger partial charge in [-0.1, -0.05) is 12.1 Å². The Morgan fingerprint density at radius 1 is 1.23 bits per heavy atom. The smallest absolute Gasteiger partial charge is 0.326 e. The molecule has 30 heavy (non-hydrogen) atoms. The van der Waals surface area contributed by atoms with Gasteiger partial charge in [0.1, 0.15) is 11.6 Å². The number of halogens is 1. The zero-order valence-corrected chi connectivity index (χ0v) is 16.9. The van der Waals surface area contributed by atoms with E-state index in [2.05, 4.69) is 15.2 Å². The normalized spacial score (nSPS) is 15.4. The van der Waals surface area contributed by atoms with Crippen LogP contribution in [0.5, 0.6) is 5.75 Å². The van der Waals surface area contributed by atoms with Gasteiger partial charge in [-0.05, 0) is 37.1 Å². The van der Waals surface area contributed by atoms with E-state index >= 15 is 0 Å². The third-order valence-electron chi connectivity index (χ3n) is 5.67. The molecule has 3 aromatic rings. The molecule has 0 saturated carbocycles. The Hall–Kier alpha value is -3.13. The van der Waals surface area contributed by atoms with Crippen LogP contribution in [0.4, 0.5) is 4.39 Å². The number of nitrogens with one attached hydrogen (secondary N) is 2. The first-order valence-electron chi connectivity index (χ1n) is 10.1. The van der Waals surface area contributed by atoms with Crippen LogP contribution >= 0.6 is 0 Å². The van der Waals surface area contributed by atoms with Gasteiger partial charge in [-0.3, -0.25) is 9.36 Å². The minimum atomic E-state index is -0.444. The molecule has 0 radical (unpaired) electrons. The number of nitrogens with zero attached hydrogens (tertiary/aromatic N) is 2. The molecule has 0 unspecified atom stereocenters. The highest BCUT2D eigenvalue weighted by Crippen LogP contribution is 2.24. The molecule has 0 spiro atoms. The van der Waals surface area contributed by atoms with E-state index in [0.29, 0.717) is 18.7 Å². The number of methoxy groups -OCH3 is 1. The molecule has 0 aliphatic carbocycles. The highest BCUT2D eigenvalue weighted by molar-refractivity contribution is 5.96. The molecular weight excluding hydrogens is 387 g/mol. The third-order valence-corrected chi connectivity index (χ3v) is 5.67. The standard InChI is InChI=1S/C22H25FN4O3/c1-30-20-14-15(23)6-7-17(20)21(28)24-10-13-26-11-8-16(9-12-26)27-19-5-3-2-4-18(19)25-22(27)29/h2-7,14,16H,8-13H2,1H3,(H,24,28)(H,25,29). The number of H-pyrrole nitrogens is 1. The number of amides is 1. The van der Waals surface area contributed by atoms with Crippen LogP contribution in [0.1, 0.15) is 29.2 Å². The molecular formula is C22H25FN4O3. The summed E-state index contributed by atoms with van der Waals surface area (Å²) < 4.78 is 20.3. The van der Waals surface area contributed by atoms with Crippen molar-refractivity contribution in [2.45, 2.75) is 18.9 Å². The second-order valence-corrected chi connectivity index (χ2v) is 7.49. The molecule has 4 rings (SSSR count). The van der Waals surface area contributed by atoms with Gasteiger partial charge in [0, 0.05) is 38.3 Å². The van der Waals surface area contributed by atoms with E-state index in [9.17, 15) is 14.0 Å². The highest BCUT2D eigenvalue weighted by atomic mass is 19.1. The van der Waals surface area contributed by atoms with Crippen molar-refractivity contribution < 1.29 is 13.9 Å². The zero-order valence-electron chi connectivity index (χ0n) is 16.9. The first-order chi connectivity index (χ1) is 14.6. The topological polar surface area (TPSA) is 79.4 Å². The molecule has 2 aromatic carbocycles. The fourth-order valence-corrected chi connectivity index (χ4v) is 4.11. The van der Waals surface area contributed by atoms with Crippen LogP contribution in [0.25, 0.3) is 11.0 Å². The first kappa shape index (κ1) is 20.2. The minimum absolute atomic E-state index is 0.0600. The molecule has 1 saturated heterocycles. The number of aromatic nitrogens is 2. The van der Waals surface area contributed by atoms with E-state index in [1.54, 1.807) is 0 Å². The fourth-order valence-electron chi connectivity index (χ4n) is 4.11. The lowest BCUT2D eigenvalue weighted by Crippen LogP contribution is -2.41. The molecule has 8 heteroatoms. The molecule has 1 aromatic heterocycles. The second kappa shape index (κ2) is 8.71. The van der Waals surface area contributed by atoms with Crippen LogP contribution < -0.4 is 15.7 Å². The Bertz CT molecular complexity index is 1100. The van der Waals surface area contributed by atoms with Gasteiger partial charge in [0.2, 0.25) is 0 Å². The lowest BCUT2D eigenvalue weighted by Gasteiger charge is -2.32. The maximum Gasteiger partial charge on any atom is 0.326 e. The summed E-state index contributed by atoms with van der Waals surface area (Å²) in [6.45, 7) is 2.90. The van der Waals surface area contributed by atoms with Crippen molar-refractivity contribution in [3.05, 3.63) is 64.3 Å².